The average molecular weight is 294 g/mol. The minimum Gasteiger partial charge on any atom is -0.465 e. The van der Waals surface area contributed by atoms with E-state index in [-0.39, 0.29) is 6.79 Å². The van der Waals surface area contributed by atoms with E-state index in [2.05, 4.69) is 6.07 Å². The van der Waals surface area contributed by atoms with Gasteiger partial charge in [0.05, 0.1) is 0 Å². The summed E-state index contributed by atoms with van der Waals surface area (Å²) < 4.78 is 16.6. The summed E-state index contributed by atoms with van der Waals surface area (Å²) in [5.74, 6) is 0.654. The first kappa shape index (κ1) is 16.2. The maximum atomic E-state index is 5.58. The lowest BCUT2D eigenvalue weighted by atomic mass is 10.2. The Balaban J connectivity index is 1.58. The predicted octanol–water partition coefficient (Wildman–Crippen LogP) is 2.97. The molecule has 0 aromatic heterocycles. The highest BCUT2D eigenvalue weighted by molar-refractivity contribution is 5.19. The summed E-state index contributed by atoms with van der Waals surface area (Å²) in [5.41, 5.74) is 0. The molecule has 0 saturated carbocycles. The van der Waals surface area contributed by atoms with Crippen LogP contribution < -0.4 is 4.74 Å². The molecule has 1 aliphatic heterocycles. The maximum absolute atomic E-state index is 5.58. The zero-order valence-electron chi connectivity index (χ0n) is 12.8. The van der Waals surface area contributed by atoms with E-state index in [4.69, 9.17) is 19.0 Å². The summed E-state index contributed by atoms with van der Waals surface area (Å²) in [4.78, 5) is 5.54. The average Bonchev–Trinajstić information content (AvgIpc) is 2.49. The minimum absolute atomic E-state index is 0.200. The molecule has 21 heavy (non-hydrogen) atoms. The van der Waals surface area contributed by atoms with Gasteiger partial charge in [0.15, 0.2) is 19.4 Å². The summed E-state index contributed by atoms with van der Waals surface area (Å²) in [6.45, 7) is 5.80. The van der Waals surface area contributed by atoms with Crippen molar-refractivity contribution in [2.45, 2.75) is 45.7 Å². The van der Waals surface area contributed by atoms with E-state index < -0.39 is 12.6 Å². The monoisotopic (exact) mass is 294 g/mol. The fourth-order valence-corrected chi connectivity index (χ4v) is 2.16. The molecule has 0 aliphatic carbocycles. The van der Waals surface area contributed by atoms with Crippen molar-refractivity contribution < 1.29 is 19.0 Å². The van der Waals surface area contributed by atoms with E-state index in [1.54, 1.807) is 6.07 Å². The van der Waals surface area contributed by atoms with E-state index >= 15 is 0 Å². The van der Waals surface area contributed by atoms with Gasteiger partial charge in [0, 0.05) is 19.2 Å². The summed E-state index contributed by atoms with van der Waals surface area (Å²) in [7, 11) is 0. The molecule has 1 aliphatic rings. The number of benzene rings is 1. The predicted molar refractivity (Wildman–Crippen MR) is 78.4 cm³/mol. The second-order valence-electron chi connectivity index (χ2n) is 5.02. The Hall–Kier alpha value is -1.14. The number of hydrogen-bond acceptors (Lipinski definition) is 5. The van der Waals surface area contributed by atoms with Gasteiger partial charge in [-0.15, -0.1) is 0 Å². The molecule has 5 nitrogen and oxygen atoms in total. The molecule has 2 unspecified atom stereocenters. The standard InChI is InChI=1S/C16H24NO4/c1-14(18-13-19-17-11-7-4-8-12-17)20-15(2)21-16-9-5-3-6-10-16/h3,5-6,9,14-15H,4,7-8,11-13H2,1-2H3. The van der Waals surface area contributed by atoms with Crippen molar-refractivity contribution in [1.82, 2.24) is 5.06 Å². The molecule has 1 aromatic rings. The Morgan fingerprint density at radius 1 is 1.14 bits per heavy atom. The SMILES string of the molecule is CC(OCON1CCCCC1)OC(C)Oc1[c]cccc1. The summed E-state index contributed by atoms with van der Waals surface area (Å²) in [5, 5.41) is 1.95. The number of piperidine rings is 1. The van der Waals surface area contributed by atoms with Crippen LogP contribution in [0.25, 0.3) is 0 Å². The first-order valence-electron chi connectivity index (χ1n) is 7.52. The van der Waals surface area contributed by atoms with Crippen molar-refractivity contribution >= 4 is 0 Å². The number of nitrogens with zero attached hydrogens (tertiary/aromatic N) is 1. The third kappa shape index (κ3) is 6.44. The lowest BCUT2D eigenvalue weighted by Gasteiger charge is -2.26. The zero-order chi connectivity index (χ0) is 14.9. The first-order chi connectivity index (χ1) is 10.2. The van der Waals surface area contributed by atoms with Crippen molar-refractivity contribution in [2.75, 3.05) is 19.9 Å². The van der Waals surface area contributed by atoms with Gasteiger partial charge in [0.25, 0.3) is 0 Å². The summed E-state index contributed by atoms with van der Waals surface area (Å²) >= 11 is 0. The highest BCUT2D eigenvalue weighted by atomic mass is 16.8. The number of hydroxylamine groups is 2. The van der Waals surface area contributed by atoms with Gasteiger partial charge < -0.3 is 14.2 Å². The smallest absolute Gasteiger partial charge is 0.199 e. The molecule has 2 rings (SSSR count). The molecule has 0 amide bonds. The number of ether oxygens (including phenoxy) is 3. The molecule has 5 heteroatoms. The van der Waals surface area contributed by atoms with Gasteiger partial charge in [-0.1, -0.05) is 24.6 Å². The summed E-state index contributed by atoms with van der Waals surface area (Å²) in [6.07, 6.45) is 2.85. The highest BCUT2D eigenvalue weighted by Gasteiger charge is 2.13. The van der Waals surface area contributed by atoms with Gasteiger partial charge >= 0.3 is 0 Å². The number of hydrogen-bond donors (Lipinski definition) is 0. The van der Waals surface area contributed by atoms with E-state index in [1.807, 2.05) is 37.1 Å². The van der Waals surface area contributed by atoms with Crippen LogP contribution in [0, 0.1) is 6.07 Å². The van der Waals surface area contributed by atoms with Gasteiger partial charge in [-0.2, -0.15) is 5.06 Å². The number of rotatable bonds is 8. The van der Waals surface area contributed by atoms with Crippen LogP contribution in [0.4, 0.5) is 0 Å². The zero-order valence-corrected chi connectivity index (χ0v) is 12.8. The Labute approximate surface area is 126 Å². The van der Waals surface area contributed by atoms with Crippen LogP contribution in [0.2, 0.25) is 0 Å². The van der Waals surface area contributed by atoms with Crippen molar-refractivity contribution in [3.05, 3.63) is 30.3 Å². The van der Waals surface area contributed by atoms with Crippen LogP contribution in [0.5, 0.6) is 5.75 Å². The van der Waals surface area contributed by atoms with Crippen LogP contribution in [-0.2, 0) is 14.3 Å². The van der Waals surface area contributed by atoms with Crippen LogP contribution in [-0.4, -0.2) is 37.5 Å². The molecule has 1 fully saturated rings. The molecule has 1 aromatic carbocycles. The topological polar surface area (TPSA) is 40.2 Å². The van der Waals surface area contributed by atoms with Crippen LogP contribution in [0.1, 0.15) is 33.1 Å². The molecule has 0 bridgehead atoms. The molecule has 2 atom stereocenters. The third-order valence-electron chi connectivity index (χ3n) is 3.21. The Bertz CT molecular complexity index is 381. The molecule has 0 N–H and O–H groups in total. The lowest BCUT2D eigenvalue weighted by Crippen LogP contribution is -2.32. The quantitative estimate of drug-likeness (QED) is 0.689. The van der Waals surface area contributed by atoms with Gasteiger partial charge in [-0.25, -0.2) is 0 Å². The number of para-hydroxylation sites is 1. The Kier molecular flexibility index (Phi) is 6.95. The van der Waals surface area contributed by atoms with Crippen molar-refractivity contribution in [1.29, 1.82) is 0 Å². The van der Waals surface area contributed by atoms with Crippen LogP contribution >= 0.6 is 0 Å². The van der Waals surface area contributed by atoms with E-state index in [0.29, 0.717) is 5.75 Å². The fraction of sp³-hybridized carbons (Fsp3) is 0.625. The third-order valence-corrected chi connectivity index (χ3v) is 3.21. The van der Waals surface area contributed by atoms with Gasteiger partial charge in [-0.3, -0.25) is 4.84 Å². The molecule has 1 radical (unpaired) electrons. The molecular formula is C16H24NO4. The maximum Gasteiger partial charge on any atom is 0.199 e. The Morgan fingerprint density at radius 3 is 2.67 bits per heavy atom. The van der Waals surface area contributed by atoms with E-state index in [1.165, 1.54) is 19.3 Å². The fourth-order valence-electron chi connectivity index (χ4n) is 2.16. The van der Waals surface area contributed by atoms with Gasteiger partial charge in [-0.05, 0) is 32.8 Å². The van der Waals surface area contributed by atoms with Crippen molar-refractivity contribution in [3.63, 3.8) is 0 Å². The molecule has 1 heterocycles. The van der Waals surface area contributed by atoms with Crippen molar-refractivity contribution in [3.8, 4) is 5.75 Å². The van der Waals surface area contributed by atoms with Gasteiger partial charge in [0.1, 0.15) is 5.75 Å². The Morgan fingerprint density at radius 2 is 1.95 bits per heavy atom. The highest BCUT2D eigenvalue weighted by Crippen LogP contribution is 2.12. The van der Waals surface area contributed by atoms with Crippen LogP contribution in [0.15, 0.2) is 24.3 Å². The molecule has 0 spiro atoms. The summed E-state index contributed by atoms with van der Waals surface area (Å²) in [6, 6.07) is 10.4. The molecular weight excluding hydrogens is 270 g/mol. The van der Waals surface area contributed by atoms with E-state index in [0.717, 1.165) is 13.1 Å². The largest absolute Gasteiger partial charge is 0.465 e. The lowest BCUT2D eigenvalue weighted by molar-refractivity contribution is -0.288. The molecule has 117 valence electrons. The minimum atomic E-state index is -0.409. The van der Waals surface area contributed by atoms with Crippen molar-refractivity contribution in [2.24, 2.45) is 0 Å². The van der Waals surface area contributed by atoms with E-state index in [9.17, 15) is 0 Å². The second-order valence-corrected chi connectivity index (χ2v) is 5.02. The van der Waals surface area contributed by atoms with Crippen LogP contribution in [0.3, 0.4) is 0 Å². The first-order valence-corrected chi connectivity index (χ1v) is 7.52. The van der Waals surface area contributed by atoms with Gasteiger partial charge in [0.2, 0.25) is 0 Å². The molecule has 1 saturated heterocycles. The normalized spacial score (nSPS) is 19.1. The second kappa shape index (κ2) is 9.00.